The second kappa shape index (κ2) is 4.79. The van der Waals surface area contributed by atoms with E-state index in [9.17, 15) is 0 Å². The van der Waals surface area contributed by atoms with Crippen molar-refractivity contribution in [2.75, 3.05) is 20.6 Å². The highest BCUT2D eigenvalue weighted by Crippen LogP contribution is 2.22. The van der Waals surface area contributed by atoms with Crippen LogP contribution in [0.25, 0.3) is 0 Å². The van der Waals surface area contributed by atoms with Gasteiger partial charge in [0.05, 0.1) is 12.2 Å². The topological polar surface area (TPSA) is 21.1 Å². The second-order valence-corrected chi connectivity index (χ2v) is 4.77. The number of likely N-dealkylation sites (N-methyl/N-ethyl adjacent to an activating group) is 1. The lowest BCUT2D eigenvalue weighted by molar-refractivity contribution is 0.370. The van der Waals surface area contributed by atoms with Gasteiger partial charge in [-0.3, -0.25) is 4.68 Å². The summed E-state index contributed by atoms with van der Waals surface area (Å²) in [4.78, 5) is 2.19. The van der Waals surface area contributed by atoms with Crippen LogP contribution >= 0.6 is 0 Å². The zero-order valence-electron chi connectivity index (χ0n) is 10.8. The van der Waals surface area contributed by atoms with Crippen LogP contribution < -0.4 is 0 Å². The van der Waals surface area contributed by atoms with Crippen molar-refractivity contribution in [3.8, 4) is 0 Å². The zero-order valence-corrected chi connectivity index (χ0v) is 10.8. The van der Waals surface area contributed by atoms with Crippen molar-refractivity contribution in [3.63, 3.8) is 0 Å². The molecule has 0 unspecified atom stereocenters. The second-order valence-electron chi connectivity index (χ2n) is 4.77. The molecule has 0 saturated carbocycles. The lowest BCUT2D eigenvalue weighted by Gasteiger charge is -2.11. The molecule has 3 nitrogen and oxygen atoms in total. The molecule has 0 aliphatic rings. The summed E-state index contributed by atoms with van der Waals surface area (Å²) in [6.45, 7) is 10.8. The van der Waals surface area contributed by atoms with Gasteiger partial charge in [0.15, 0.2) is 0 Å². The Balaban J connectivity index is 2.87. The first-order valence-electron chi connectivity index (χ1n) is 5.62. The van der Waals surface area contributed by atoms with Gasteiger partial charge in [0.25, 0.3) is 0 Å². The quantitative estimate of drug-likeness (QED) is 0.758. The smallest absolute Gasteiger partial charge is 0.0631 e. The van der Waals surface area contributed by atoms with E-state index in [0.717, 1.165) is 13.1 Å². The molecule has 0 bridgehead atoms. The van der Waals surface area contributed by atoms with Crippen molar-refractivity contribution in [3.05, 3.63) is 17.0 Å². The van der Waals surface area contributed by atoms with Gasteiger partial charge in [-0.1, -0.05) is 13.8 Å². The SMILES string of the molecule is Cc1nn(CCN(C)C)c(C)c1C(C)C. The monoisotopic (exact) mass is 209 g/mol. The highest BCUT2D eigenvalue weighted by atomic mass is 15.3. The van der Waals surface area contributed by atoms with E-state index in [1.165, 1.54) is 17.0 Å². The van der Waals surface area contributed by atoms with Gasteiger partial charge in [-0.05, 0) is 39.4 Å². The molecule has 15 heavy (non-hydrogen) atoms. The van der Waals surface area contributed by atoms with Crippen LogP contribution in [0.2, 0.25) is 0 Å². The van der Waals surface area contributed by atoms with Crippen LogP contribution in [0, 0.1) is 13.8 Å². The first-order valence-corrected chi connectivity index (χ1v) is 5.62. The Morgan fingerprint density at radius 3 is 2.27 bits per heavy atom. The molecule has 0 spiro atoms. The van der Waals surface area contributed by atoms with Crippen LogP contribution in [0.4, 0.5) is 0 Å². The number of hydrogen-bond acceptors (Lipinski definition) is 2. The zero-order chi connectivity index (χ0) is 11.6. The van der Waals surface area contributed by atoms with E-state index in [0.29, 0.717) is 5.92 Å². The van der Waals surface area contributed by atoms with Crippen LogP contribution in [0.3, 0.4) is 0 Å². The van der Waals surface area contributed by atoms with Gasteiger partial charge in [0.2, 0.25) is 0 Å². The highest BCUT2D eigenvalue weighted by molar-refractivity contribution is 5.27. The van der Waals surface area contributed by atoms with E-state index < -0.39 is 0 Å². The minimum Gasteiger partial charge on any atom is -0.308 e. The summed E-state index contributed by atoms with van der Waals surface area (Å²) in [6.07, 6.45) is 0. The minimum absolute atomic E-state index is 0.568. The van der Waals surface area contributed by atoms with E-state index in [1.807, 2.05) is 0 Å². The fraction of sp³-hybridized carbons (Fsp3) is 0.750. The fourth-order valence-corrected chi connectivity index (χ4v) is 2.06. The third-order valence-electron chi connectivity index (χ3n) is 2.77. The number of aryl methyl sites for hydroxylation is 1. The van der Waals surface area contributed by atoms with Gasteiger partial charge < -0.3 is 4.90 Å². The maximum absolute atomic E-state index is 4.59. The lowest BCUT2D eigenvalue weighted by atomic mass is 10.0. The van der Waals surface area contributed by atoms with E-state index in [1.54, 1.807) is 0 Å². The Bertz CT molecular complexity index is 324. The van der Waals surface area contributed by atoms with E-state index >= 15 is 0 Å². The molecule has 0 aliphatic heterocycles. The average Bonchev–Trinajstić information content (AvgIpc) is 2.37. The summed E-state index contributed by atoms with van der Waals surface area (Å²) < 4.78 is 2.13. The van der Waals surface area contributed by atoms with Gasteiger partial charge in [-0.15, -0.1) is 0 Å². The third-order valence-corrected chi connectivity index (χ3v) is 2.77. The summed E-state index contributed by atoms with van der Waals surface area (Å²) in [5, 5.41) is 4.59. The molecule has 0 fully saturated rings. The normalized spacial score (nSPS) is 11.7. The molecule has 0 aliphatic carbocycles. The first-order chi connectivity index (χ1) is 6.93. The van der Waals surface area contributed by atoms with Crippen LogP contribution in [-0.2, 0) is 6.54 Å². The van der Waals surface area contributed by atoms with E-state index in [-0.39, 0.29) is 0 Å². The number of aromatic nitrogens is 2. The molecular formula is C12H23N3. The third kappa shape index (κ3) is 2.81. The summed E-state index contributed by atoms with van der Waals surface area (Å²) in [5.41, 5.74) is 3.92. The summed E-state index contributed by atoms with van der Waals surface area (Å²) in [7, 11) is 4.18. The molecule has 1 aromatic heterocycles. The van der Waals surface area contributed by atoms with Crippen molar-refractivity contribution in [2.24, 2.45) is 0 Å². The van der Waals surface area contributed by atoms with E-state index in [4.69, 9.17) is 0 Å². The molecule has 0 saturated heterocycles. The predicted octanol–water partition coefficient (Wildman–Crippen LogP) is 2.18. The summed E-state index contributed by atoms with van der Waals surface area (Å²) in [6, 6.07) is 0. The van der Waals surface area contributed by atoms with Crippen molar-refractivity contribution in [2.45, 2.75) is 40.2 Å². The molecule has 0 aromatic carbocycles. The Labute approximate surface area is 93.1 Å². The Morgan fingerprint density at radius 1 is 1.27 bits per heavy atom. The summed E-state index contributed by atoms with van der Waals surface area (Å²) >= 11 is 0. The van der Waals surface area contributed by atoms with E-state index in [2.05, 4.69) is 56.5 Å². The molecule has 0 atom stereocenters. The molecule has 0 amide bonds. The Morgan fingerprint density at radius 2 is 1.87 bits per heavy atom. The van der Waals surface area contributed by atoms with Crippen LogP contribution in [0.5, 0.6) is 0 Å². The van der Waals surface area contributed by atoms with Gasteiger partial charge in [0.1, 0.15) is 0 Å². The Hall–Kier alpha value is -0.830. The van der Waals surface area contributed by atoms with Crippen LogP contribution in [0.15, 0.2) is 0 Å². The molecule has 86 valence electrons. The first kappa shape index (κ1) is 12.2. The number of rotatable bonds is 4. The standard InChI is InChI=1S/C12H23N3/c1-9(2)12-10(3)13-15(11(12)4)8-7-14(5)6/h9H,7-8H2,1-6H3. The van der Waals surface area contributed by atoms with Crippen molar-refractivity contribution in [1.82, 2.24) is 14.7 Å². The minimum atomic E-state index is 0.568. The van der Waals surface area contributed by atoms with Crippen molar-refractivity contribution >= 4 is 0 Å². The average molecular weight is 209 g/mol. The molecule has 1 aromatic rings. The molecule has 1 rings (SSSR count). The molecule has 3 heteroatoms. The van der Waals surface area contributed by atoms with Crippen LogP contribution in [0.1, 0.15) is 36.7 Å². The number of nitrogens with zero attached hydrogens (tertiary/aromatic N) is 3. The molecule has 0 radical (unpaired) electrons. The number of hydrogen-bond donors (Lipinski definition) is 0. The Kier molecular flexibility index (Phi) is 3.91. The summed E-state index contributed by atoms with van der Waals surface area (Å²) in [5.74, 6) is 0.568. The van der Waals surface area contributed by atoms with Gasteiger partial charge in [-0.25, -0.2) is 0 Å². The largest absolute Gasteiger partial charge is 0.308 e. The van der Waals surface area contributed by atoms with Crippen LogP contribution in [-0.4, -0.2) is 35.3 Å². The maximum Gasteiger partial charge on any atom is 0.0631 e. The van der Waals surface area contributed by atoms with Gasteiger partial charge in [0, 0.05) is 12.2 Å². The predicted molar refractivity (Wildman–Crippen MR) is 64.3 cm³/mol. The highest BCUT2D eigenvalue weighted by Gasteiger charge is 2.13. The fourth-order valence-electron chi connectivity index (χ4n) is 2.06. The molecular weight excluding hydrogens is 186 g/mol. The molecule has 1 heterocycles. The van der Waals surface area contributed by atoms with Gasteiger partial charge >= 0.3 is 0 Å². The van der Waals surface area contributed by atoms with Gasteiger partial charge in [-0.2, -0.15) is 5.10 Å². The molecule has 0 N–H and O–H groups in total. The lowest BCUT2D eigenvalue weighted by Crippen LogP contribution is -2.19. The van der Waals surface area contributed by atoms with Crippen molar-refractivity contribution in [1.29, 1.82) is 0 Å². The maximum atomic E-state index is 4.59. The van der Waals surface area contributed by atoms with Crippen molar-refractivity contribution < 1.29 is 0 Å².